The summed E-state index contributed by atoms with van der Waals surface area (Å²) >= 11 is 0. The highest BCUT2D eigenvalue weighted by Gasteiger charge is 2.46. The van der Waals surface area contributed by atoms with Gasteiger partial charge in [0, 0.05) is 18.3 Å². The molecule has 0 saturated carbocycles. The van der Waals surface area contributed by atoms with Gasteiger partial charge in [0.2, 0.25) is 11.8 Å². The molecule has 2 aromatic heterocycles. The summed E-state index contributed by atoms with van der Waals surface area (Å²) in [5.74, 6) is 7.99. The summed E-state index contributed by atoms with van der Waals surface area (Å²) in [5, 5.41) is 2.71. The monoisotopic (exact) mass is 812 g/mol. The number of carbonyl (C=O) groups is 3. The molecule has 2 aliphatic heterocycles. The van der Waals surface area contributed by atoms with Gasteiger partial charge in [-0.3, -0.25) is 14.5 Å². The molecule has 13 heteroatoms. The SMILES string of the molecule is CCN(CC)[C@@H](C(=O)N1C[Si](C)(C)C[C@H]1c1ncc(C#Cc2ccc(-c3ccc4[nH]c([C@@H]5CCCN5C(=O)[C@@H](NC(=O)OC)C(C)C)nc4c3)cc2)[nH]1)c1ccccc1. The van der Waals surface area contributed by atoms with Crippen molar-refractivity contribution in [2.75, 3.05) is 32.9 Å². The second kappa shape index (κ2) is 17.6. The predicted molar refractivity (Wildman–Crippen MR) is 233 cm³/mol. The number of ether oxygens (including phenoxy) is 1. The highest BCUT2D eigenvalue weighted by molar-refractivity contribution is 6.78. The zero-order valence-corrected chi connectivity index (χ0v) is 36.2. The van der Waals surface area contributed by atoms with Crippen LogP contribution in [-0.2, 0) is 14.3 Å². The molecule has 7 rings (SSSR count). The molecule has 2 fully saturated rings. The minimum absolute atomic E-state index is 0.103. The number of benzene rings is 3. The molecule has 0 unspecified atom stereocenters. The van der Waals surface area contributed by atoms with E-state index in [0.29, 0.717) is 12.2 Å². The van der Waals surface area contributed by atoms with E-state index in [-0.39, 0.29) is 35.9 Å². The summed E-state index contributed by atoms with van der Waals surface area (Å²) in [7, 11) is -0.397. The number of imidazole rings is 2. The molecule has 2 saturated heterocycles. The number of carbonyl (C=O) groups excluding carboxylic acids is 3. The first-order valence-corrected chi connectivity index (χ1v) is 24.2. The summed E-state index contributed by atoms with van der Waals surface area (Å²) in [6.45, 7) is 14.9. The summed E-state index contributed by atoms with van der Waals surface area (Å²) < 4.78 is 4.78. The molecule has 3 N–H and O–H groups in total. The van der Waals surface area contributed by atoms with Crippen LogP contribution < -0.4 is 5.32 Å². The first-order valence-electron chi connectivity index (χ1n) is 20.8. The van der Waals surface area contributed by atoms with Crippen molar-refractivity contribution in [3.05, 3.63) is 107 Å². The number of amides is 3. The van der Waals surface area contributed by atoms with Gasteiger partial charge in [-0.2, -0.15) is 0 Å². The number of likely N-dealkylation sites (tertiary alicyclic amines) is 1. The summed E-state index contributed by atoms with van der Waals surface area (Å²) in [6.07, 6.45) is 3.59. The number of methoxy groups -OCH3 is 1. The Morgan fingerprint density at radius 3 is 2.34 bits per heavy atom. The number of hydrogen-bond acceptors (Lipinski definition) is 7. The van der Waals surface area contributed by atoms with E-state index >= 15 is 0 Å². The van der Waals surface area contributed by atoms with Gasteiger partial charge in [-0.1, -0.05) is 95.2 Å². The largest absolute Gasteiger partial charge is 0.453 e. The third-order valence-electron chi connectivity index (χ3n) is 11.7. The van der Waals surface area contributed by atoms with E-state index in [2.05, 4.69) is 100 Å². The van der Waals surface area contributed by atoms with Crippen molar-refractivity contribution in [3.63, 3.8) is 0 Å². The lowest BCUT2D eigenvalue weighted by Crippen LogP contribution is -2.51. The number of alkyl carbamates (subject to hydrolysis) is 1. The van der Waals surface area contributed by atoms with E-state index < -0.39 is 20.2 Å². The van der Waals surface area contributed by atoms with Crippen LogP contribution in [-0.4, -0.2) is 99.6 Å². The van der Waals surface area contributed by atoms with Crippen molar-refractivity contribution in [1.29, 1.82) is 0 Å². The van der Waals surface area contributed by atoms with Crippen molar-refractivity contribution >= 4 is 37.0 Å². The molecule has 12 nitrogen and oxygen atoms in total. The van der Waals surface area contributed by atoms with Gasteiger partial charge in [-0.05, 0) is 84.8 Å². The van der Waals surface area contributed by atoms with Gasteiger partial charge in [0.25, 0.3) is 0 Å². The molecule has 3 aromatic carbocycles. The molecule has 59 heavy (non-hydrogen) atoms. The van der Waals surface area contributed by atoms with Crippen LogP contribution in [0.2, 0.25) is 19.1 Å². The maximum Gasteiger partial charge on any atom is 0.407 e. The summed E-state index contributed by atoms with van der Waals surface area (Å²) in [4.78, 5) is 62.9. The Bertz CT molecular complexity index is 2340. The Morgan fingerprint density at radius 2 is 1.64 bits per heavy atom. The van der Waals surface area contributed by atoms with E-state index in [9.17, 15) is 14.4 Å². The number of aromatic nitrogens is 4. The average Bonchev–Trinajstić information content (AvgIpc) is 4.06. The van der Waals surface area contributed by atoms with Crippen molar-refractivity contribution in [2.24, 2.45) is 5.92 Å². The fourth-order valence-electron chi connectivity index (χ4n) is 8.65. The van der Waals surface area contributed by atoms with Crippen LogP contribution in [0.15, 0.2) is 79.0 Å². The third-order valence-corrected chi connectivity index (χ3v) is 14.4. The van der Waals surface area contributed by atoms with Crippen LogP contribution in [0.25, 0.3) is 22.2 Å². The van der Waals surface area contributed by atoms with Crippen LogP contribution in [0.4, 0.5) is 4.79 Å². The summed E-state index contributed by atoms with van der Waals surface area (Å²) in [5.41, 5.74) is 6.38. The number of nitrogens with zero attached hydrogens (tertiary/aromatic N) is 5. The van der Waals surface area contributed by atoms with Crippen molar-refractivity contribution in [2.45, 2.75) is 83.8 Å². The van der Waals surface area contributed by atoms with Crippen LogP contribution in [0.3, 0.4) is 0 Å². The van der Waals surface area contributed by atoms with Crippen LogP contribution in [0.1, 0.15) is 87.1 Å². The average molecular weight is 813 g/mol. The minimum Gasteiger partial charge on any atom is -0.453 e. The normalized spacial score (nSPS) is 18.5. The Kier molecular flexibility index (Phi) is 12.4. The second-order valence-electron chi connectivity index (χ2n) is 16.8. The summed E-state index contributed by atoms with van der Waals surface area (Å²) in [6, 6.07) is 24.0. The Balaban J connectivity index is 1.05. The van der Waals surface area contributed by atoms with E-state index in [1.807, 2.05) is 55.1 Å². The van der Waals surface area contributed by atoms with E-state index in [0.717, 1.165) is 83.1 Å². The van der Waals surface area contributed by atoms with Gasteiger partial charge in [0.15, 0.2) is 0 Å². The standard InChI is InChI=1S/C46H56N8O4Si/c1-8-52(9-2)41(33-14-11-10-12-15-33)45(56)54-29-59(6,7)28-39(54)42-47-27-35(48-42)23-19-31-17-20-32(21-18-31)34-22-24-36-37(26-34)50-43(49-36)38-16-13-25-53(38)44(55)40(30(3)4)51-46(57)58-5/h10-12,14-15,17-18,20-22,24,26-27,30,38-41H,8-9,13,16,25,28-29H2,1-7H3,(H,47,48)(H,49,50)(H,51,57)/t38-,39-,40-,41+/m0/s1. The second-order valence-corrected chi connectivity index (χ2v) is 21.8. The Hall–Kier alpha value is -5.71. The zero-order valence-electron chi connectivity index (χ0n) is 35.2. The van der Waals surface area contributed by atoms with E-state index in [1.54, 1.807) is 6.20 Å². The van der Waals surface area contributed by atoms with Crippen LogP contribution in [0.5, 0.6) is 0 Å². The van der Waals surface area contributed by atoms with Gasteiger partial charge in [-0.15, -0.1) is 0 Å². The molecule has 2 aliphatic rings. The predicted octanol–water partition coefficient (Wildman–Crippen LogP) is 7.61. The number of fused-ring (bicyclic) bond motifs is 1. The fraction of sp³-hybridized carbons (Fsp3) is 0.413. The lowest BCUT2D eigenvalue weighted by Gasteiger charge is -2.34. The molecular formula is C46H56N8O4Si. The Labute approximate surface area is 348 Å². The highest BCUT2D eigenvalue weighted by atomic mass is 28.3. The van der Waals surface area contributed by atoms with E-state index in [4.69, 9.17) is 14.7 Å². The van der Waals surface area contributed by atoms with Crippen LogP contribution >= 0.6 is 0 Å². The minimum atomic E-state index is -1.69. The molecule has 4 heterocycles. The fourth-order valence-corrected chi connectivity index (χ4v) is 11.5. The number of H-pyrrole nitrogens is 2. The maximum atomic E-state index is 14.5. The molecule has 308 valence electrons. The molecule has 4 atom stereocenters. The van der Waals surface area contributed by atoms with Gasteiger partial charge >= 0.3 is 6.09 Å². The van der Waals surface area contributed by atoms with E-state index in [1.165, 1.54) is 7.11 Å². The molecule has 5 aromatic rings. The smallest absolute Gasteiger partial charge is 0.407 e. The Morgan fingerprint density at radius 1 is 0.915 bits per heavy atom. The molecule has 0 bridgehead atoms. The first kappa shape index (κ1) is 41.4. The topological polar surface area (TPSA) is 140 Å². The first-order chi connectivity index (χ1) is 28.4. The van der Waals surface area contributed by atoms with Gasteiger partial charge in [0.05, 0.1) is 44.5 Å². The highest BCUT2D eigenvalue weighted by Crippen LogP contribution is 2.39. The molecule has 3 amide bonds. The molecule has 0 aliphatic carbocycles. The number of hydrogen-bond donors (Lipinski definition) is 3. The number of rotatable bonds is 11. The van der Waals surface area contributed by atoms with Gasteiger partial charge in [-0.25, -0.2) is 14.8 Å². The third kappa shape index (κ3) is 8.99. The number of nitrogens with one attached hydrogen (secondary N) is 3. The van der Waals surface area contributed by atoms with Gasteiger partial charge in [0.1, 0.15) is 29.4 Å². The number of aromatic amines is 2. The van der Waals surface area contributed by atoms with Crippen molar-refractivity contribution in [1.82, 2.24) is 40.0 Å². The van der Waals surface area contributed by atoms with Crippen molar-refractivity contribution < 1.29 is 19.1 Å². The lowest BCUT2D eigenvalue weighted by molar-refractivity contribution is -0.138. The molecule has 0 spiro atoms. The quantitative estimate of drug-likeness (QED) is 0.0922. The van der Waals surface area contributed by atoms with Crippen LogP contribution in [0, 0.1) is 17.8 Å². The maximum absolute atomic E-state index is 14.5. The molecule has 0 radical (unpaired) electrons. The molecular weight excluding hydrogens is 757 g/mol. The lowest BCUT2D eigenvalue weighted by atomic mass is 10.0. The zero-order chi connectivity index (χ0) is 41.8. The van der Waals surface area contributed by atoms with Crippen molar-refractivity contribution in [3.8, 4) is 23.0 Å². The number of likely N-dealkylation sites (N-methyl/N-ethyl adjacent to an activating group) is 1. The van der Waals surface area contributed by atoms with Gasteiger partial charge < -0.3 is 29.8 Å².